The maximum atomic E-state index is 12.4. The predicted octanol–water partition coefficient (Wildman–Crippen LogP) is 3.52. The third-order valence-corrected chi connectivity index (χ3v) is 1.99. The molecule has 0 unspecified atom stereocenters. The summed E-state index contributed by atoms with van der Waals surface area (Å²) >= 11 is 0. The Hall–Kier alpha value is -2.04. The van der Waals surface area contributed by atoms with Crippen molar-refractivity contribution in [3.8, 4) is 5.88 Å². The third-order valence-electron chi connectivity index (χ3n) is 1.99. The Morgan fingerprint density at radius 1 is 1.50 bits per heavy atom. The first-order chi connectivity index (χ1) is 8.65. The largest absolute Gasteiger partial charge is 0.446 e. The SMILES string of the molecule is CC=N/C(=C\C=C\Oc1ncccc1C)C(F)F. The minimum atomic E-state index is -2.61. The highest BCUT2D eigenvalue weighted by molar-refractivity contribution is 5.55. The molecule has 1 aromatic heterocycles. The normalized spacial score (nSPS) is 12.8. The summed E-state index contributed by atoms with van der Waals surface area (Å²) in [7, 11) is 0. The number of aliphatic imine (C=N–C) groups is 1. The lowest BCUT2D eigenvalue weighted by Gasteiger charge is -2.01. The fourth-order valence-corrected chi connectivity index (χ4v) is 1.16. The number of allylic oxidation sites excluding steroid dienone is 3. The number of nitrogens with zero attached hydrogens (tertiary/aromatic N) is 2. The Morgan fingerprint density at radius 2 is 2.28 bits per heavy atom. The van der Waals surface area contributed by atoms with Crippen LogP contribution in [0.3, 0.4) is 0 Å². The Morgan fingerprint density at radius 3 is 2.89 bits per heavy atom. The minimum absolute atomic E-state index is 0.310. The number of alkyl halides is 2. The Balaban J connectivity index is 2.65. The van der Waals surface area contributed by atoms with E-state index < -0.39 is 6.43 Å². The van der Waals surface area contributed by atoms with Crippen molar-refractivity contribution in [1.82, 2.24) is 4.98 Å². The molecule has 1 heterocycles. The van der Waals surface area contributed by atoms with Gasteiger partial charge < -0.3 is 4.74 Å². The molecule has 0 aliphatic carbocycles. The molecule has 0 aliphatic rings. The molecule has 96 valence electrons. The molecule has 0 saturated carbocycles. The lowest BCUT2D eigenvalue weighted by molar-refractivity contribution is 0.188. The second-order valence-electron chi connectivity index (χ2n) is 3.35. The van der Waals surface area contributed by atoms with Gasteiger partial charge in [0.25, 0.3) is 6.43 Å². The first-order valence-corrected chi connectivity index (χ1v) is 5.37. The van der Waals surface area contributed by atoms with Gasteiger partial charge in [-0.2, -0.15) is 0 Å². The predicted molar refractivity (Wildman–Crippen MR) is 67.0 cm³/mol. The van der Waals surface area contributed by atoms with Gasteiger partial charge in [-0.15, -0.1) is 0 Å². The van der Waals surface area contributed by atoms with E-state index in [2.05, 4.69) is 9.98 Å². The Bertz CT molecular complexity index is 468. The molecule has 18 heavy (non-hydrogen) atoms. The standard InChI is InChI=1S/C13H14F2N2O/c1-3-16-11(12(14)15)7-5-9-18-13-10(2)6-4-8-17-13/h3-9,12H,1-2H3/b9-5+,11-7-,16-3?. The first-order valence-electron chi connectivity index (χ1n) is 5.37. The van der Waals surface area contributed by atoms with E-state index in [-0.39, 0.29) is 5.70 Å². The number of ether oxygens (including phenoxy) is 1. The summed E-state index contributed by atoms with van der Waals surface area (Å²) in [6.07, 6.45) is 4.16. The van der Waals surface area contributed by atoms with E-state index >= 15 is 0 Å². The van der Waals surface area contributed by atoms with E-state index in [0.29, 0.717) is 5.88 Å². The molecule has 0 radical (unpaired) electrons. The fraction of sp³-hybridized carbons (Fsp3) is 0.231. The average molecular weight is 252 g/mol. The van der Waals surface area contributed by atoms with Gasteiger partial charge in [-0.3, -0.25) is 4.99 Å². The van der Waals surface area contributed by atoms with Crippen molar-refractivity contribution in [3.05, 3.63) is 48.0 Å². The van der Waals surface area contributed by atoms with E-state index in [1.54, 1.807) is 19.2 Å². The highest BCUT2D eigenvalue weighted by Crippen LogP contribution is 2.13. The maximum absolute atomic E-state index is 12.4. The van der Waals surface area contributed by atoms with Crippen molar-refractivity contribution in [2.24, 2.45) is 4.99 Å². The van der Waals surface area contributed by atoms with Gasteiger partial charge in [-0.05, 0) is 32.1 Å². The lowest BCUT2D eigenvalue weighted by Crippen LogP contribution is -1.93. The van der Waals surface area contributed by atoms with Crippen molar-refractivity contribution in [2.45, 2.75) is 20.3 Å². The molecule has 0 aliphatic heterocycles. The quantitative estimate of drug-likeness (QED) is 0.456. The van der Waals surface area contributed by atoms with Crippen LogP contribution in [0.5, 0.6) is 5.88 Å². The van der Waals surface area contributed by atoms with Gasteiger partial charge in [-0.1, -0.05) is 6.07 Å². The molecule has 0 saturated heterocycles. The summed E-state index contributed by atoms with van der Waals surface area (Å²) < 4.78 is 30.1. The maximum Gasteiger partial charge on any atom is 0.280 e. The molecule has 5 heteroatoms. The molecule has 1 aromatic rings. The molecular formula is C13H14F2N2O. The van der Waals surface area contributed by atoms with Gasteiger partial charge in [-0.25, -0.2) is 13.8 Å². The molecule has 0 atom stereocenters. The topological polar surface area (TPSA) is 34.5 Å². The summed E-state index contributed by atoms with van der Waals surface area (Å²) in [6, 6.07) is 3.63. The van der Waals surface area contributed by atoms with Crippen LogP contribution in [0.2, 0.25) is 0 Å². The molecule has 1 rings (SSSR count). The zero-order valence-corrected chi connectivity index (χ0v) is 10.2. The van der Waals surface area contributed by atoms with Crippen molar-refractivity contribution < 1.29 is 13.5 Å². The summed E-state index contributed by atoms with van der Waals surface area (Å²) in [5.41, 5.74) is 0.557. The number of aryl methyl sites for hydroxylation is 1. The Kier molecular flexibility index (Phi) is 5.70. The minimum Gasteiger partial charge on any atom is -0.446 e. The second-order valence-corrected chi connectivity index (χ2v) is 3.35. The van der Waals surface area contributed by atoms with E-state index in [1.165, 1.54) is 24.6 Å². The van der Waals surface area contributed by atoms with E-state index in [1.807, 2.05) is 13.0 Å². The summed E-state index contributed by atoms with van der Waals surface area (Å²) in [4.78, 5) is 7.54. The van der Waals surface area contributed by atoms with Gasteiger partial charge in [0.15, 0.2) is 0 Å². The second kappa shape index (κ2) is 7.32. The summed E-state index contributed by atoms with van der Waals surface area (Å²) in [6.45, 7) is 3.42. The molecule has 0 amide bonds. The zero-order chi connectivity index (χ0) is 13.4. The van der Waals surface area contributed by atoms with Gasteiger partial charge in [0.2, 0.25) is 5.88 Å². The smallest absolute Gasteiger partial charge is 0.280 e. The first kappa shape index (κ1) is 14.0. The summed E-state index contributed by atoms with van der Waals surface area (Å²) in [5.74, 6) is 0.444. The fourth-order valence-electron chi connectivity index (χ4n) is 1.16. The van der Waals surface area contributed by atoms with E-state index in [4.69, 9.17) is 4.74 Å². The Labute approximate surface area is 105 Å². The molecular weight excluding hydrogens is 238 g/mol. The van der Waals surface area contributed by atoms with Crippen LogP contribution in [-0.2, 0) is 0 Å². The molecule has 0 bridgehead atoms. The van der Waals surface area contributed by atoms with E-state index in [0.717, 1.165) is 5.56 Å². The number of hydrogen-bond donors (Lipinski definition) is 0. The van der Waals surface area contributed by atoms with Crippen molar-refractivity contribution in [1.29, 1.82) is 0 Å². The highest BCUT2D eigenvalue weighted by atomic mass is 19.3. The van der Waals surface area contributed by atoms with Crippen LogP contribution in [0.1, 0.15) is 12.5 Å². The van der Waals surface area contributed by atoms with Gasteiger partial charge >= 0.3 is 0 Å². The number of aromatic nitrogens is 1. The van der Waals surface area contributed by atoms with Crippen molar-refractivity contribution >= 4 is 6.21 Å². The number of hydrogen-bond acceptors (Lipinski definition) is 3. The van der Waals surface area contributed by atoms with E-state index in [9.17, 15) is 8.78 Å². The van der Waals surface area contributed by atoms with Crippen LogP contribution in [0, 0.1) is 6.92 Å². The van der Waals surface area contributed by atoms with Crippen molar-refractivity contribution in [2.75, 3.05) is 0 Å². The number of pyridine rings is 1. The molecule has 0 aromatic carbocycles. The highest BCUT2D eigenvalue weighted by Gasteiger charge is 2.06. The van der Waals surface area contributed by atoms with Crippen LogP contribution in [0.4, 0.5) is 8.78 Å². The molecule has 0 N–H and O–H groups in total. The van der Waals surface area contributed by atoms with Gasteiger partial charge in [0.05, 0.1) is 6.26 Å². The molecule has 3 nitrogen and oxygen atoms in total. The monoisotopic (exact) mass is 252 g/mol. The van der Waals surface area contributed by atoms with Crippen LogP contribution in [0.25, 0.3) is 0 Å². The third kappa shape index (κ3) is 4.45. The van der Waals surface area contributed by atoms with Crippen LogP contribution < -0.4 is 4.74 Å². The zero-order valence-electron chi connectivity index (χ0n) is 10.2. The van der Waals surface area contributed by atoms with Crippen LogP contribution in [0.15, 0.2) is 47.4 Å². The van der Waals surface area contributed by atoms with Gasteiger partial charge in [0, 0.05) is 18.0 Å². The van der Waals surface area contributed by atoms with Crippen molar-refractivity contribution in [3.63, 3.8) is 0 Å². The summed E-state index contributed by atoms with van der Waals surface area (Å²) in [5, 5.41) is 0. The molecule has 0 spiro atoms. The number of halogens is 2. The lowest BCUT2D eigenvalue weighted by atomic mass is 10.3. The van der Waals surface area contributed by atoms with Crippen LogP contribution >= 0.6 is 0 Å². The molecule has 0 fully saturated rings. The number of rotatable bonds is 5. The van der Waals surface area contributed by atoms with Crippen LogP contribution in [-0.4, -0.2) is 17.6 Å². The average Bonchev–Trinajstić information content (AvgIpc) is 2.35. The van der Waals surface area contributed by atoms with Gasteiger partial charge in [0.1, 0.15) is 5.70 Å².